The first-order valence-corrected chi connectivity index (χ1v) is 13.7. The van der Waals surface area contributed by atoms with E-state index in [0.29, 0.717) is 12.5 Å². The Balaban J connectivity index is 1.77. The fourth-order valence-corrected chi connectivity index (χ4v) is 5.83. The molecule has 2 saturated heterocycles. The maximum absolute atomic E-state index is 13.4. The lowest BCUT2D eigenvalue weighted by Gasteiger charge is -2.45. The molecule has 2 aliphatic rings. The molecular weight excluding hydrogens is 473 g/mol. The van der Waals surface area contributed by atoms with Gasteiger partial charge in [0, 0.05) is 19.1 Å². The Bertz CT molecular complexity index is 817. The van der Waals surface area contributed by atoms with E-state index in [-0.39, 0.29) is 23.8 Å². The highest BCUT2D eigenvalue weighted by atomic mass is 32.2. The van der Waals surface area contributed by atoms with Crippen LogP contribution in [-0.4, -0.2) is 94.0 Å². The summed E-state index contributed by atoms with van der Waals surface area (Å²) < 4.78 is 19.3. The number of carbonyl (C=O) groups excluding carboxylic acids is 1. The highest BCUT2D eigenvalue weighted by Crippen LogP contribution is 2.30. The van der Waals surface area contributed by atoms with Crippen molar-refractivity contribution in [3.63, 3.8) is 0 Å². The number of nitrogens with zero attached hydrogens (tertiary/aromatic N) is 1. The number of likely N-dealkylation sites (N-methyl/N-ethyl adjacent to an activating group) is 1. The summed E-state index contributed by atoms with van der Waals surface area (Å²) >= 11 is 1.23. The van der Waals surface area contributed by atoms with E-state index >= 15 is 0 Å². The zero-order valence-electron chi connectivity index (χ0n) is 20.9. The van der Waals surface area contributed by atoms with Gasteiger partial charge in [-0.15, -0.1) is 11.8 Å². The molecule has 5 N–H and O–H groups in total. The van der Waals surface area contributed by atoms with Crippen molar-refractivity contribution in [3.8, 4) is 0 Å². The molecule has 9 atom stereocenters. The van der Waals surface area contributed by atoms with Crippen molar-refractivity contribution < 1.29 is 29.2 Å². The molecule has 3 rings (SSSR count). The third-order valence-corrected chi connectivity index (χ3v) is 8.07. The lowest BCUT2D eigenvalue weighted by Crippen LogP contribution is -2.67. The first kappa shape index (κ1) is 28.3. The van der Waals surface area contributed by atoms with Crippen LogP contribution in [0.25, 0.3) is 0 Å². The number of aliphatic hydroxyl groups excluding tert-OH is 3. The van der Waals surface area contributed by atoms with Crippen molar-refractivity contribution in [1.82, 2.24) is 15.5 Å². The van der Waals surface area contributed by atoms with E-state index < -0.39 is 35.9 Å². The molecule has 2 fully saturated rings. The molecule has 0 saturated carbocycles. The largest absolute Gasteiger partial charge is 0.388 e. The van der Waals surface area contributed by atoms with E-state index in [2.05, 4.69) is 22.5 Å². The molecule has 10 heteroatoms. The molecule has 4 unspecified atom stereocenters. The number of amides is 1. The lowest BCUT2D eigenvalue weighted by molar-refractivity contribution is -0.207. The van der Waals surface area contributed by atoms with Crippen LogP contribution in [0.5, 0.6) is 0 Å². The normalized spacial score (nSPS) is 33.4. The number of hydrogen-bond donors (Lipinski definition) is 5. The SMILES string of the molecule is CCC[C@@H]1C[C@@H](C(=O)N[C@H](C(C)NCc2ccc(F)cc2)[C@H]2OC(SC)[C@H](O)C(O)C2O)N(C)C1. The number of likely N-dealkylation sites (tertiary alicyclic amines) is 1. The monoisotopic (exact) mass is 513 g/mol. The van der Waals surface area contributed by atoms with Gasteiger partial charge in [-0.1, -0.05) is 25.5 Å². The van der Waals surface area contributed by atoms with Crippen LogP contribution in [0.3, 0.4) is 0 Å². The van der Waals surface area contributed by atoms with Gasteiger partial charge < -0.3 is 30.7 Å². The van der Waals surface area contributed by atoms with Crippen LogP contribution in [0, 0.1) is 11.7 Å². The molecule has 2 aliphatic heterocycles. The van der Waals surface area contributed by atoms with E-state index in [1.54, 1.807) is 18.4 Å². The van der Waals surface area contributed by atoms with Crippen molar-refractivity contribution in [2.75, 3.05) is 19.8 Å². The Hall–Kier alpha value is -1.27. The van der Waals surface area contributed by atoms with Gasteiger partial charge in [-0.25, -0.2) is 4.39 Å². The summed E-state index contributed by atoms with van der Waals surface area (Å²) in [6.45, 7) is 5.28. The number of nitrogens with one attached hydrogen (secondary N) is 2. The van der Waals surface area contributed by atoms with Gasteiger partial charge in [-0.05, 0) is 56.7 Å². The zero-order valence-corrected chi connectivity index (χ0v) is 21.7. The highest BCUT2D eigenvalue weighted by molar-refractivity contribution is 7.99. The van der Waals surface area contributed by atoms with E-state index in [0.717, 1.165) is 31.4 Å². The second-order valence-electron chi connectivity index (χ2n) is 9.85. The van der Waals surface area contributed by atoms with Crippen LogP contribution in [-0.2, 0) is 16.1 Å². The van der Waals surface area contributed by atoms with Gasteiger partial charge in [-0.3, -0.25) is 9.69 Å². The number of rotatable bonds is 10. The zero-order chi connectivity index (χ0) is 25.7. The van der Waals surface area contributed by atoms with Crippen molar-refractivity contribution in [3.05, 3.63) is 35.6 Å². The summed E-state index contributed by atoms with van der Waals surface area (Å²) in [5.41, 5.74) is 0.119. The van der Waals surface area contributed by atoms with Crippen molar-refractivity contribution in [2.45, 2.75) is 87.6 Å². The molecule has 35 heavy (non-hydrogen) atoms. The standard InChI is InChI=1S/C25H40FN3O5S/c1-5-6-16-11-18(29(3)13-16)24(33)28-19(14(2)27-12-15-7-9-17(26)10-8-15)23-21(31)20(30)22(32)25(34-23)35-4/h7-10,14,16,18-23,25,27,30-32H,5-6,11-13H2,1-4H3,(H,28,33)/t14?,16-,18+,19-,20?,21?,22-,23-,25?/m1/s1. The summed E-state index contributed by atoms with van der Waals surface area (Å²) in [6, 6.07) is 4.79. The maximum Gasteiger partial charge on any atom is 0.237 e. The van der Waals surface area contributed by atoms with Crippen molar-refractivity contribution in [2.24, 2.45) is 5.92 Å². The Labute approximate surface area is 211 Å². The minimum absolute atomic E-state index is 0.149. The van der Waals surface area contributed by atoms with Crippen LogP contribution < -0.4 is 10.6 Å². The average molecular weight is 514 g/mol. The van der Waals surface area contributed by atoms with Gasteiger partial charge in [0.25, 0.3) is 0 Å². The molecule has 0 aliphatic carbocycles. The topological polar surface area (TPSA) is 114 Å². The fraction of sp³-hybridized carbons (Fsp3) is 0.720. The minimum Gasteiger partial charge on any atom is -0.388 e. The van der Waals surface area contributed by atoms with Crippen LogP contribution in [0.4, 0.5) is 4.39 Å². The first-order valence-electron chi connectivity index (χ1n) is 12.4. The number of ether oxygens (including phenoxy) is 1. The summed E-state index contributed by atoms with van der Waals surface area (Å²) in [5, 5.41) is 38.0. The number of thioether (sulfide) groups is 1. The second kappa shape index (κ2) is 12.8. The van der Waals surface area contributed by atoms with E-state index in [9.17, 15) is 24.5 Å². The Morgan fingerprint density at radius 3 is 2.54 bits per heavy atom. The molecule has 0 bridgehead atoms. The molecule has 0 radical (unpaired) electrons. The smallest absolute Gasteiger partial charge is 0.237 e. The summed E-state index contributed by atoms with van der Waals surface area (Å²) in [5.74, 6) is -0.00499. The molecule has 198 valence electrons. The number of benzene rings is 1. The molecule has 2 heterocycles. The predicted molar refractivity (Wildman–Crippen MR) is 134 cm³/mol. The molecule has 8 nitrogen and oxygen atoms in total. The molecule has 1 aromatic rings. The van der Waals surface area contributed by atoms with E-state index in [1.165, 1.54) is 23.9 Å². The third-order valence-electron chi connectivity index (χ3n) is 7.22. The van der Waals surface area contributed by atoms with Crippen LogP contribution in [0.1, 0.15) is 38.7 Å². The highest BCUT2D eigenvalue weighted by Gasteiger charge is 2.48. The Morgan fingerprint density at radius 1 is 1.23 bits per heavy atom. The lowest BCUT2D eigenvalue weighted by atomic mass is 9.90. The summed E-state index contributed by atoms with van der Waals surface area (Å²) in [6.07, 6.45) is -0.325. The number of carbonyl (C=O) groups is 1. The van der Waals surface area contributed by atoms with Crippen LogP contribution >= 0.6 is 11.8 Å². The number of halogens is 1. The van der Waals surface area contributed by atoms with Gasteiger partial charge in [-0.2, -0.15) is 0 Å². The van der Waals surface area contributed by atoms with Crippen molar-refractivity contribution >= 4 is 17.7 Å². The van der Waals surface area contributed by atoms with Gasteiger partial charge >= 0.3 is 0 Å². The minimum atomic E-state index is -1.40. The molecule has 1 amide bonds. The van der Waals surface area contributed by atoms with Gasteiger partial charge in [0.15, 0.2) is 0 Å². The van der Waals surface area contributed by atoms with Crippen LogP contribution in [0.15, 0.2) is 24.3 Å². The molecule has 0 spiro atoms. The predicted octanol–water partition coefficient (Wildman–Crippen LogP) is 1.08. The van der Waals surface area contributed by atoms with Gasteiger partial charge in [0.2, 0.25) is 5.91 Å². The second-order valence-corrected chi connectivity index (χ2v) is 10.8. The first-order chi connectivity index (χ1) is 16.7. The van der Waals surface area contributed by atoms with E-state index in [1.807, 2.05) is 14.0 Å². The molecular formula is C25H40FN3O5S. The Morgan fingerprint density at radius 2 is 1.91 bits per heavy atom. The molecule has 0 aromatic heterocycles. The van der Waals surface area contributed by atoms with Gasteiger partial charge in [0.1, 0.15) is 35.7 Å². The Kier molecular flexibility index (Phi) is 10.4. The molecule has 1 aromatic carbocycles. The average Bonchev–Trinajstić information content (AvgIpc) is 3.21. The summed E-state index contributed by atoms with van der Waals surface area (Å²) in [4.78, 5) is 15.5. The van der Waals surface area contributed by atoms with Crippen molar-refractivity contribution in [1.29, 1.82) is 0 Å². The number of hydrogen-bond acceptors (Lipinski definition) is 8. The van der Waals surface area contributed by atoms with E-state index in [4.69, 9.17) is 4.74 Å². The van der Waals surface area contributed by atoms with Gasteiger partial charge in [0.05, 0.1) is 12.1 Å². The number of aliphatic hydroxyl groups is 3. The quantitative estimate of drug-likeness (QED) is 0.316. The third kappa shape index (κ3) is 6.94. The van der Waals surface area contributed by atoms with Crippen LogP contribution in [0.2, 0.25) is 0 Å². The summed E-state index contributed by atoms with van der Waals surface area (Å²) in [7, 11) is 1.95. The maximum atomic E-state index is 13.4. The fourth-order valence-electron chi connectivity index (χ4n) is 5.15.